The lowest BCUT2D eigenvalue weighted by atomic mass is 10.0. The Hall–Kier alpha value is -4.45. The van der Waals surface area contributed by atoms with Gasteiger partial charge >= 0.3 is 5.97 Å². The number of carboxylic acids is 1. The lowest BCUT2D eigenvalue weighted by Crippen LogP contribution is -2.57. The van der Waals surface area contributed by atoms with Gasteiger partial charge in [0.15, 0.2) is 0 Å². The Morgan fingerprint density at radius 1 is 0.667 bits per heavy atom. The highest BCUT2D eigenvalue weighted by Gasteiger charge is 2.30. The number of benzene rings is 2. The number of phenolic OH excluding ortho intramolecular Hbond substituents is 1. The molecule has 0 aliphatic rings. The molecule has 2 aromatic rings. The molecular weight excluding hydrogens is 542 g/mol. The van der Waals surface area contributed by atoms with Crippen LogP contribution in [0.3, 0.4) is 0 Å². The van der Waals surface area contributed by atoms with Gasteiger partial charge in [0.25, 0.3) is 0 Å². The van der Waals surface area contributed by atoms with Crippen LogP contribution in [0.15, 0.2) is 54.6 Å². The molecule has 0 saturated heterocycles. The summed E-state index contributed by atoms with van der Waals surface area (Å²) in [6.45, 7) is 6.54. The van der Waals surface area contributed by atoms with Gasteiger partial charge in [0.1, 0.15) is 29.9 Å². The number of carbonyl (C=O) groups excluding carboxylic acids is 4. The molecule has 4 amide bonds. The largest absolute Gasteiger partial charge is 0.508 e. The van der Waals surface area contributed by atoms with Crippen LogP contribution in [0.4, 0.5) is 0 Å². The molecule has 0 fully saturated rings. The van der Waals surface area contributed by atoms with E-state index in [-0.39, 0.29) is 30.9 Å². The maximum absolute atomic E-state index is 13.1. The molecule has 42 heavy (non-hydrogen) atoms. The fraction of sp³-hybridized carbons (Fsp3) is 0.433. The van der Waals surface area contributed by atoms with Crippen LogP contribution in [0.25, 0.3) is 0 Å². The first kappa shape index (κ1) is 33.8. The maximum atomic E-state index is 13.1. The first-order chi connectivity index (χ1) is 19.8. The van der Waals surface area contributed by atoms with E-state index in [1.807, 2.05) is 13.8 Å². The second-order valence-electron chi connectivity index (χ2n) is 10.7. The highest BCUT2D eigenvalue weighted by Crippen LogP contribution is 2.11. The monoisotopic (exact) mass is 583 g/mol. The number of aromatic hydroxyl groups is 1. The molecule has 0 aliphatic heterocycles. The van der Waals surface area contributed by atoms with Gasteiger partial charge < -0.3 is 37.2 Å². The van der Waals surface area contributed by atoms with Gasteiger partial charge in [0.05, 0.1) is 6.04 Å². The number of carboxylic acid groups (broad SMARTS) is 1. The van der Waals surface area contributed by atoms with Crippen LogP contribution in [-0.2, 0) is 36.8 Å². The van der Waals surface area contributed by atoms with Crippen molar-refractivity contribution in [1.82, 2.24) is 21.3 Å². The van der Waals surface area contributed by atoms with Crippen LogP contribution in [0.1, 0.15) is 45.2 Å². The van der Waals surface area contributed by atoms with Crippen molar-refractivity contribution < 1.29 is 34.2 Å². The van der Waals surface area contributed by atoms with Crippen molar-refractivity contribution in [2.45, 2.75) is 77.2 Å². The minimum Gasteiger partial charge on any atom is -0.508 e. The van der Waals surface area contributed by atoms with Gasteiger partial charge in [-0.2, -0.15) is 0 Å². The average Bonchev–Trinajstić information content (AvgIpc) is 2.93. The van der Waals surface area contributed by atoms with Gasteiger partial charge in [-0.1, -0.05) is 56.3 Å². The van der Waals surface area contributed by atoms with Crippen LogP contribution >= 0.6 is 0 Å². The third-order valence-corrected chi connectivity index (χ3v) is 6.47. The second-order valence-corrected chi connectivity index (χ2v) is 10.7. The normalized spacial score (nSPS) is 14.5. The Morgan fingerprint density at radius 3 is 1.71 bits per heavy atom. The zero-order valence-corrected chi connectivity index (χ0v) is 24.3. The Bertz CT molecular complexity index is 1220. The van der Waals surface area contributed by atoms with Crippen molar-refractivity contribution in [2.24, 2.45) is 11.7 Å². The van der Waals surface area contributed by atoms with E-state index < -0.39 is 59.8 Å². The molecule has 0 saturated carbocycles. The van der Waals surface area contributed by atoms with Gasteiger partial charge in [-0.05, 0) is 55.9 Å². The van der Waals surface area contributed by atoms with E-state index in [9.17, 15) is 34.2 Å². The topological polar surface area (TPSA) is 200 Å². The van der Waals surface area contributed by atoms with Crippen LogP contribution < -0.4 is 27.0 Å². The highest BCUT2D eigenvalue weighted by molar-refractivity contribution is 5.95. The van der Waals surface area contributed by atoms with Gasteiger partial charge in [0.2, 0.25) is 23.6 Å². The summed E-state index contributed by atoms with van der Waals surface area (Å²) < 4.78 is 0. The summed E-state index contributed by atoms with van der Waals surface area (Å²) in [5.74, 6) is -3.64. The Balaban J connectivity index is 2.00. The SMILES string of the molecule is CC(C)C[C@H](NC(=O)[C@H](Cc1ccccc1)NC(=O)[C@H](C)NC(=O)[C@H](C)NC(=O)[C@@H](N)Cc1ccc(O)cc1)C(=O)O. The van der Waals surface area contributed by atoms with E-state index in [2.05, 4.69) is 21.3 Å². The number of hydrogen-bond donors (Lipinski definition) is 7. The molecule has 0 aromatic heterocycles. The highest BCUT2D eigenvalue weighted by atomic mass is 16.4. The zero-order valence-electron chi connectivity index (χ0n) is 24.3. The fourth-order valence-electron chi connectivity index (χ4n) is 4.09. The van der Waals surface area contributed by atoms with Crippen molar-refractivity contribution in [3.63, 3.8) is 0 Å². The summed E-state index contributed by atoms with van der Waals surface area (Å²) in [6.07, 6.45) is 0.490. The molecule has 228 valence electrons. The molecule has 2 aromatic carbocycles. The van der Waals surface area contributed by atoms with Gasteiger partial charge in [-0.15, -0.1) is 0 Å². The molecule has 12 nitrogen and oxygen atoms in total. The molecule has 0 radical (unpaired) electrons. The summed E-state index contributed by atoms with van der Waals surface area (Å²) in [5.41, 5.74) is 7.43. The van der Waals surface area contributed by atoms with Gasteiger partial charge in [0, 0.05) is 6.42 Å². The predicted octanol–water partition coefficient (Wildman–Crippen LogP) is 0.614. The standard InChI is InChI=1S/C30H41N5O7/c1-17(2)14-25(30(41)42)35-29(40)24(16-20-8-6-5-7-9-20)34-27(38)19(4)32-26(37)18(3)33-28(39)23(31)15-21-10-12-22(36)13-11-21/h5-13,17-19,23-25,36H,14-16,31H2,1-4H3,(H,32,37)(H,33,39)(H,34,38)(H,35,40)(H,41,42)/t18-,19-,23-,24-,25-/m0/s1. The predicted molar refractivity (Wildman–Crippen MR) is 156 cm³/mol. The average molecular weight is 584 g/mol. The number of nitrogens with one attached hydrogen (secondary N) is 4. The molecule has 5 atom stereocenters. The summed E-state index contributed by atoms with van der Waals surface area (Å²) in [5, 5.41) is 29.1. The number of aliphatic carboxylic acids is 1. The fourth-order valence-corrected chi connectivity index (χ4v) is 4.09. The van der Waals surface area contributed by atoms with Gasteiger partial charge in [-0.3, -0.25) is 19.2 Å². The van der Waals surface area contributed by atoms with Crippen LogP contribution in [-0.4, -0.2) is 70.0 Å². The summed E-state index contributed by atoms with van der Waals surface area (Å²) in [6, 6.07) is 9.85. The van der Waals surface area contributed by atoms with Crippen molar-refractivity contribution in [1.29, 1.82) is 0 Å². The Labute approximate surface area is 245 Å². The van der Waals surface area contributed by atoms with Crippen LogP contribution in [0.2, 0.25) is 0 Å². The lowest BCUT2D eigenvalue weighted by Gasteiger charge is -2.24. The number of nitrogens with two attached hydrogens (primary N) is 1. The van der Waals surface area contributed by atoms with Crippen molar-refractivity contribution >= 4 is 29.6 Å². The molecule has 12 heteroatoms. The van der Waals surface area contributed by atoms with E-state index in [0.29, 0.717) is 0 Å². The number of amides is 4. The molecule has 0 unspecified atom stereocenters. The third-order valence-electron chi connectivity index (χ3n) is 6.47. The number of rotatable bonds is 15. The summed E-state index contributed by atoms with van der Waals surface area (Å²) in [7, 11) is 0. The zero-order chi connectivity index (χ0) is 31.4. The van der Waals surface area contributed by atoms with E-state index in [0.717, 1.165) is 11.1 Å². The smallest absolute Gasteiger partial charge is 0.326 e. The minimum atomic E-state index is -1.18. The van der Waals surface area contributed by atoms with Crippen LogP contribution in [0.5, 0.6) is 5.75 Å². The van der Waals surface area contributed by atoms with Crippen LogP contribution in [0, 0.1) is 5.92 Å². The lowest BCUT2D eigenvalue weighted by molar-refractivity contribution is -0.142. The van der Waals surface area contributed by atoms with E-state index in [1.54, 1.807) is 42.5 Å². The first-order valence-corrected chi connectivity index (χ1v) is 13.8. The van der Waals surface area contributed by atoms with Crippen molar-refractivity contribution in [3.05, 3.63) is 65.7 Å². The number of carbonyl (C=O) groups is 5. The second kappa shape index (κ2) is 16.1. The van der Waals surface area contributed by atoms with Crippen molar-refractivity contribution in [3.8, 4) is 5.75 Å². The van der Waals surface area contributed by atoms with Crippen molar-refractivity contribution in [2.75, 3.05) is 0 Å². The van der Waals surface area contributed by atoms with E-state index in [4.69, 9.17) is 5.73 Å². The molecule has 2 rings (SSSR count). The van der Waals surface area contributed by atoms with E-state index >= 15 is 0 Å². The third kappa shape index (κ3) is 11.2. The molecule has 8 N–H and O–H groups in total. The number of phenols is 1. The minimum absolute atomic E-state index is 0.00800. The van der Waals surface area contributed by atoms with Gasteiger partial charge in [-0.25, -0.2) is 4.79 Å². The molecule has 0 aliphatic carbocycles. The summed E-state index contributed by atoms with van der Waals surface area (Å²) >= 11 is 0. The molecular formula is C30H41N5O7. The summed E-state index contributed by atoms with van der Waals surface area (Å²) in [4.78, 5) is 63.1. The molecule has 0 spiro atoms. The Kier molecular flexibility index (Phi) is 12.9. The maximum Gasteiger partial charge on any atom is 0.326 e. The molecule has 0 heterocycles. The van der Waals surface area contributed by atoms with E-state index in [1.165, 1.54) is 26.0 Å². The molecule has 0 bridgehead atoms. The Morgan fingerprint density at radius 2 is 1.17 bits per heavy atom. The first-order valence-electron chi connectivity index (χ1n) is 13.8. The quantitative estimate of drug-likeness (QED) is 0.158. The number of hydrogen-bond acceptors (Lipinski definition) is 7.